The molecule has 0 fully saturated rings. The fourth-order valence-corrected chi connectivity index (χ4v) is 1.49. The first kappa shape index (κ1) is 11.9. The summed E-state index contributed by atoms with van der Waals surface area (Å²) in [5.74, 6) is -0.234. The predicted octanol–water partition coefficient (Wildman–Crippen LogP) is 1.65. The van der Waals surface area contributed by atoms with Crippen LogP contribution in [-0.4, -0.2) is 20.8 Å². The molecule has 0 aromatic heterocycles. The molecule has 0 amide bonds. The van der Waals surface area contributed by atoms with E-state index in [9.17, 15) is 4.39 Å². The summed E-state index contributed by atoms with van der Waals surface area (Å²) in [4.78, 5) is 0. The van der Waals surface area contributed by atoms with E-state index in [1.807, 2.05) is 0 Å². The zero-order valence-electron chi connectivity index (χ0n) is 9.21. The first-order chi connectivity index (χ1) is 7.03. The summed E-state index contributed by atoms with van der Waals surface area (Å²) in [5.41, 5.74) is 5.49. The molecule has 0 aliphatic rings. The maximum absolute atomic E-state index is 13.8. The van der Waals surface area contributed by atoms with E-state index in [-0.39, 0.29) is 12.4 Å². The van der Waals surface area contributed by atoms with E-state index in [4.69, 9.17) is 15.2 Å². The molecule has 0 saturated heterocycles. The van der Waals surface area contributed by atoms with E-state index in [0.29, 0.717) is 5.56 Å². The van der Waals surface area contributed by atoms with Gasteiger partial charge in [-0.2, -0.15) is 0 Å². The van der Waals surface area contributed by atoms with Crippen molar-refractivity contribution in [1.29, 1.82) is 0 Å². The maximum atomic E-state index is 13.8. The van der Waals surface area contributed by atoms with Crippen LogP contribution in [0.5, 0.6) is 5.75 Å². The number of benzene rings is 1. The normalized spacial score (nSPS) is 14.7. The van der Waals surface area contributed by atoms with Crippen LogP contribution >= 0.6 is 0 Å². The van der Waals surface area contributed by atoms with E-state index in [2.05, 4.69) is 0 Å². The lowest BCUT2D eigenvalue weighted by Crippen LogP contribution is -2.38. The summed E-state index contributed by atoms with van der Waals surface area (Å²) in [7, 11) is 2.95. The Hall–Kier alpha value is -1.13. The molecule has 1 aromatic rings. The van der Waals surface area contributed by atoms with Crippen LogP contribution < -0.4 is 10.5 Å². The number of halogens is 1. The number of methoxy groups -OCH3 is 2. The Labute approximate surface area is 89.0 Å². The van der Waals surface area contributed by atoms with Crippen molar-refractivity contribution >= 4 is 0 Å². The first-order valence-electron chi connectivity index (χ1n) is 4.63. The van der Waals surface area contributed by atoms with Gasteiger partial charge in [-0.1, -0.05) is 12.1 Å². The first-order valence-corrected chi connectivity index (χ1v) is 4.63. The molecule has 3 nitrogen and oxygen atoms in total. The summed E-state index contributed by atoms with van der Waals surface area (Å²) in [6.45, 7) is 1.96. The van der Waals surface area contributed by atoms with Crippen LogP contribution in [0.4, 0.5) is 4.39 Å². The van der Waals surface area contributed by atoms with Gasteiger partial charge in [0.2, 0.25) is 0 Å². The Balaban J connectivity index is 3.14. The van der Waals surface area contributed by atoms with Crippen molar-refractivity contribution < 1.29 is 13.9 Å². The van der Waals surface area contributed by atoms with E-state index in [0.717, 1.165) is 0 Å². The highest BCUT2D eigenvalue weighted by molar-refractivity contribution is 5.35. The molecule has 4 heteroatoms. The van der Waals surface area contributed by atoms with Crippen LogP contribution in [-0.2, 0) is 10.3 Å². The zero-order chi connectivity index (χ0) is 11.5. The van der Waals surface area contributed by atoms with E-state index >= 15 is 0 Å². The van der Waals surface area contributed by atoms with E-state index in [1.165, 1.54) is 14.2 Å². The van der Waals surface area contributed by atoms with Crippen LogP contribution in [0, 0.1) is 5.82 Å². The van der Waals surface area contributed by atoms with Gasteiger partial charge in [0.1, 0.15) is 0 Å². The summed E-state index contributed by atoms with van der Waals surface area (Å²) in [5, 5.41) is 0. The third-order valence-electron chi connectivity index (χ3n) is 2.24. The Kier molecular flexibility index (Phi) is 3.66. The Morgan fingerprint density at radius 3 is 2.60 bits per heavy atom. The molecule has 0 aliphatic heterocycles. The SMILES string of the molecule is COCC(C)(N)c1cccc(OC)c1F. The number of ether oxygens (including phenoxy) is 2. The topological polar surface area (TPSA) is 44.5 Å². The highest BCUT2D eigenvalue weighted by atomic mass is 19.1. The molecule has 1 unspecified atom stereocenters. The summed E-state index contributed by atoms with van der Waals surface area (Å²) < 4.78 is 23.7. The third kappa shape index (κ3) is 2.46. The fourth-order valence-electron chi connectivity index (χ4n) is 1.49. The van der Waals surface area contributed by atoms with Gasteiger partial charge in [-0.15, -0.1) is 0 Å². The highest BCUT2D eigenvalue weighted by Crippen LogP contribution is 2.27. The molecule has 15 heavy (non-hydrogen) atoms. The molecule has 0 bridgehead atoms. The summed E-state index contributed by atoms with van der Waals surface area (Å²) in [6, 6.07) is 4.90. The zero-order valence-corrected chi connectivity index (χ0v) is 9.21. The van der Waals surface area contributed by atoms with Gasteiger partial charge >= 0.3 is 0 Å². The Bertz CT molecular complexity index is 339. The second kappa shape index (κ2) is 4.59. The molecule has 0 aliphatic carbocycles. The standard InChI is InChI=1S/C11H16FNO2/c1-11(13,7-14-2)8-5-4-6-9(15-3)10(8)12/h4-6H,7,13H2,1-3H3. The van der Waals surface area contributed by atoms with Gasteiger partial charge < -0.3 is 15.2 Å². The van der Waals surface area contributed by atoms with Gasteiger partial charge in [0.05, 0.1) is 19.3 Å². The molecule has 0 spiro atoms. The summed E-state index contributed by atoms with van der Waals surface area (Å²) >= 11 is 0. The average Bonchev–Trinajstić information content (AvgIpc) is 2.17. The molecule has 1 aromatic carbocycles. The highest BCUT2D eigenvalue weighted by Gasteiger charge is 2.26. The van der Waals surface area contributed by atoms with Gasteiger partial charge in [0.25, 0.3) is 0 Å². The molecule has 1 rings (SSSR count). The van der Waals surface area contributed by atoms with Crippen LogP contribution in [0.3, 0.4) is 0 Å². The van der Waals surface area contributed by atoms with Gasteiger partial charge in [0, 0.05) is 12.7 Å². The fraction of sp³-hybridized carbons (Fsp3) is 0.455. The average molecular weight is 213 g/mol. The van der Waals surface area contributed by atoms with Crippen molar-refractivity contribution in [1.82, 2.24) is 0 Å². The number of rotatable bonds is 4. The van der Waals surface area contributed by atoms with Crippen molar-refractivity contribution in [3.8, 4) is 5.75 Å². The lowest BCUT2D eigenvalue weighted by Gasteiger charge is -2.25. The lowest BCUT2D eigenvalue weighted by atomic mass is 9.93. The summed E-state index contributed by atoms with van der Waals surface area (Å²) in [6.07, 6.45) is 0. The van der Waals surface area contributed by atoms with Crippen molar-refractivity contribution in [2.45, 2.75) is 12.5 Å². The smallest absolute Gasteiger partial charge is 0.170 e. The Morgan fingerprint density at radius 2 is 2.07 bits per heavy atom. The van der Waals surface area contributed by atoms with Crippen LogP contribution in [0.15, 0.2) is 18.2 Å². The molecule has 0 heterocycles. The third-order valence-corrected chi connectivity index (χ3v) is 2.24. The van der Waals surface area contributed by atoms with Crippen LogP contribution in [0.1, 0.15) is 12.5 Å². The van der Waals surface area contributed by atoms with Crippen molar-refractivity contribution in [2.24, 2.45) is 5.73 Å². The van der Waals surface area contributed by atoms with Gasteiger partial charge in [0.15, 0.2) is 11.6 Å². The number of nitrogens with two attached hydrogens (primary N) is 1. The lowest BCUT2D eigenvalue weighted by molar-refractivity contribution is 0.138. The monoisotopic (exact) mass is 213 g/mol. The van der Waals surface area contributed by atoms with Gasteiger partial charge in [-0.25, -0.2) is 4.39 Å². The minimum Gasteiger partial charge on any atom is -0.494 e. The second-order valence-electron chi connectivity index (χ2n) is 3.67. The molecule has 2 N–H and O–H groups in total. The van der Waals surface area contributed by atoms with E-state index in [1.54, 1.807) is 25.1 Å². The molecule has 0 saturated carbocycles. The van der Waals surface area contributed by atoms with Gasteiger partial charge in [-0.3, -0.25) is 0 Å². The van der Waals surface area contributed by atoms with E-state index < -0.39 is 11.4 Å². The minimum absolute atomic E-state index is 0.195. The maximum Gasteiger partial charge on any atom is 0.170 e. The van der Waals surface area contributed by atoms with Crippen molar-refractivity contribution in [2.75, 3.05) is 20.8 Å². The minimum atomic E-state index is -0.854. The Morgan fingerprint density at radius 1 is 1.40 bits per heavy atom. The quantitative estimate of drug-likeness (QED) is 0.827. The molecule has 84 valence electrons. The largest absolute Gasteiger partial charge is 0.494 e. The second-order valence-corrected chi connectivity index (χ2v) is 3.67. The number of hydrogen-bond donors (Lipinski definition) is 1. The van der Waals surface area contributed by atoms with Crippen LogP contribution in [0.25, 0.3) is 0 Å². The molecule has 0 radical (unpaired) electrons. The van der Waals surface area contributed by atoms with Crippen molar-refractivity contribution in [3.63, 3.8) is 0 Å². The number of hydrogen-bond acceptors (Lipinski definition) is 3. The molecule has 1 atom stereocenters. The van der Waals surface area contributed by atoms with Gasteiger partial charge in [-0.05, 0) is 13.0 Å². The van der Waals surface area contributed by atoms with Crippen LogP contribution in [0.2, 0.25) is 0 Å². The molecular weight excluding hydrogens is 197 g/mol. The molecular formula is C11H16FNO2. The predicted molar refractivity (Wildman–Crippen MR) is 56.4 cm³/mol. The van der Waals surface area contributed by atoms with Crippen molar-refractivity contribution in [3.05, 3.63) is 29.6 Å².